The Morgan fingerprint density at radius 2 is 2.29 bits per heavy atom. The number of nitrogens with two attached hydrogens (primary N) is 1. The summed E-state index contributed by atoms with van der Waals surface area (Å²) in [5, 5.41) is 3.16. The second-order valence-electron chi connectivity index (χ2n) is 4.01. The molecule has 2 rings (SSSR count). The molecule has 3 N–H and O–H groups in total. The number of aryl methyl sites for hydroxylation is 2. The summed E-state index contributed by atoms with van der Waals surface area (Å²) in [7, 11) is 0. The van der Waals surface area contributed by atoms with Crippen molar-refractivity contribution in [3.05, 3.63) is 45.7 Å². The Kier molecular flexibility index (Phi) is 3.83. The maximum absolute atomic E-state index is 5.63. The SMILES string of the molecule is Cc1nc(CC(NN)c2cnccc2C)cs1. The van der Waals surface area contributed by atoms with Gasteiger partial charge >= 0.3 is 0 Å². The predicted molar refractivity (Wildman–Crippen MR) is 69.6 cm³/mol. The van der Waals surface area contributed by atoms with E-state index in [2.05, 4.69) is 27.7 Å². The first-order valence-corrected chi connectivity index (χ1v) is 6.36. The number of nitrogens with one attached hydrogen (secondary N) is 1. The van der Waals surface area contributed by atoms with E-state index >= 15 is 0 Å². The van der Waals surface area contributed by atoms with E-state index in [9.17, 15) is 0 Å². The molecule has 1 atom stereocenters. The van der Waals surface area contributed by atoms with Gasteiger partial charge in [0.15, 0.2) is 0 Å². The van der Waals surface area contributed by atoms with E-state index in [-0.39, 0.29) is 6.04 Å². The first-order chi connectivity index (χ1) is 8.20. The summed E-state index contributed by atoms with van der Waals surface area (Å²) < 4.78 is 0. The van der Waals surface area contributed by atoms with Gasteiger partial charge in [-0.05, 0) is 31.0 Å². The van der Waals surface area contributed by atoms with E-state index in [4.69, 9.17) is 5.84 Å². The number of pyridine rings is 1. The Balaban J connectivity index is 2.20. The highest BCUT2D eigenvalue weighted by Gasteiger charge is 2.14. The van der Waals surface area contributed by atoms with Crippen molar-refractivity contribution in [3.63, 3.8) is 0 Å². The molecule has 2 aromatic rings. The van der Waals surface area contributed by atoms with Crippen LogP contribution in [0.15, 0.2) is 23.8 Å². The highest BCUT2D eigenvalue weighted by atomic mass is 32.1. The Morgan fingerprint density at radius 1 is 1.47 bits per heavy atom. The monoisotopic (exact) mass is 248 g/mol. The molecular weight excluding hydrogens is 232 g/mol. The van der Waals surface area contributed by atoms with Crippen molar-refractivity contribution < 1.29 is 0 Å². The Morgan fingerprint density at radius 3 is 2.88 bits per heavy atom. The Hall–Kier alpha value is -1.30. The van der Waals surface area contributed by atoms with Gasteiger partial charge in [0.25, 0.3) is 0 Å². The van der Waals surface area contributed by atoms with E-state index in [0.29, 0.717) is 0 Å². The van der Waals surface area contributed by atoms with Crippen LogP contribution in [0.25, 0.3) is 0 Å². The lowest BCUT2D eigenvalue weighted by Gasteiger charge is -2.16. The Labute approximate surface area is 105 Å². The average Bonchev–Trinajstić information content (AvgIpc) is 2.73. The summed E-state index contributed by atoms with van der Waals surface area (Å²) in [6.45, 7) is 4.07. The summed E-state index contributed by atoms with van der Waals surface area (Å²) in [6.07, 6.45) is 4.44. The molecular formula is C12H16N4S. The largest absolute Gasteiger partial charge is 0.271 e. The second kappa shape index (κ2) is 5.35. The maximum Gasteiger partial charge on any atom is 0.0897 e. The number of aromatic nitrogens is 2. The zero-order valence-electron chi connectivity index (χ0n) is 9.97. The molecule has 2 heterocycles. The van der Waals surface area contributed by atoms with E-state index in [1.807, 2.05) is 19.2 Å². The van der Waals surface area contributed by atoms with Crippen LogP contribution in [0.3, 0.4) is 0 Å². The van der Waals surface area contributed by atoms with Crippen LogP contribution in [0.2, 0.25) is 0 Å². The number of nitrogens with zero attached hydrogens (tertiary/aromatic N) is 2. The van der Waals surface area contributed by atoms with Crippen LogP contribution in [-0.2, 0) is 6.42 Å². The van der Waals surface area contributed by atoms with Gasteiger partial charge in [0.2, 0.25) is 0 Å². The minimum atomic E-state index is 0.0604. The Bertz CT molecular complexity index is 495. The smallest absolute Gasteiger partial charge is 0.0897 e. The van der Waals surface area contributed by atoms with E-state index in [1.54, 1.807) is 17.5 Å². The van der Waals surface area contributed by atoms with Gasteiger partial charge < -0.3 is 0 Å². The van der Waals surface area contributed by atoms with Gasteiger partial charge in [-0.3, -0.25) is 16.3 Å². The zero-order valence-corrected chi connectivity index (χ0v) is 10.8. The van der Waals surface area contributed by atoms with Crippen molar-refractivity contribution in [2.24, 2.45) is 5.84 Å². The predicted octanol–water partition coefficient (Wildman–Crippen LogP) is 1.90. The molecule has 0 bridgehead atoms. The third-order valence-corrected chi connectivity index (χ3v) is 3.56. The van der Waals surface area contributed by atoms with Crippen LogP contribution in [0.4, 0.5) is 0 Å². The fourth-order valence-electron chi connectivity index (χ4n) is 1.81. The number of thiazole rings is 1. The van der Waals surface area contributed by atoms with Crippen molar-refractivity contribution in [2.75, 3.05) is 0 Å². The molecule has 0 spiro atoms. The molecule has 0 amide bonds. The first-order valence-electron chi connectivity index (χ1n) is 5.48. The number of hydrazine groups is 1. The summed E-state index contributed by atoms with van der Waals surface area (Å²) in [4.78, 5) is 8.60. The average molecular weight is 248 g/mol. The van der Waals surface area contributed by atoms with Gasteiger partial charge in [-0.15, -0.1) is 11.3 Å². The van der Waals surface area contributed by atoms with E-state index < -0.39 is 0 Å². The highest BCUT2D eigenvalue weighted by molar-refractivity contribution is 7.09. The van der Waals surface area contributed by atoms with Gasteiger partial charge in [0.05, 0.1) is 16.7 Å². The molecule has 0 saturated carbocycles. The lowest BCUT2D eigenvalue weighted by molar-refractivity contribution is 0.542. The molecule has 0 aliphatic rings. The molecule has 0 radical (unpaired) electrons. The number of hydrogen-bond donors (Lipinski definition) is 2. The number of hydrogen-bond acceptors (Lipinski definition) is 5. The molecule has 0 aliphatic carbocycles. The van der Waals surface area contributed by atoms with Crippen LogP contribution in [0, 0.1) is 13.8 Å². The van der Waals surface area contributed by atoms with E-state index in [0.717, 1.165) is 22.7 Å². The van der Waals surface area contributed by atoms with Gasteiger partial charge in [0, 0.05) is 24.2 Å². The molecule has 5 heteroatoms. The van der Waals surface area contributed by atoms with E-state index in [1.165, 1.54) is 5.56 Å². The van der Waals surface area contributed by atoms with Gasteiger partial charge in [-0.1, -0.05) is 0 Å². The van der Waals surface area contributed by atoms with Gasteiger partial charge in [0.1, 0.15) is 0 Å². The molecule has 17 heavy (non-hydrogen) atoms. The lowest BCUT2D eigenvalue weighted by atomic mass is 10.0. The molecule has 1 unspecified atom stereocenters. The molecule has 2 aromatic heterocycles. The molecule has 0 aromatic carbocycles. The van der Waals surface area contributed by atoms with Crippen LogP contribution in [-0.4, -0.2) is 9.97 Å². The number of rotatable bonds is 4. The van der Waals surface area contributed by atoms with Crippen molar-refractivity contribution >= 4 is 11.3 Å². The zero-order chi connectivity index (χ0) is 12.3. The van der Waals surface area contributed by atoms with Crippen LogP contribution < -0.4 is 11.3 Å². The third kappa shape index (κ3) is 2.88. The van der Waals surface area contributed by atoms with Gasteiger partial charge in [-0.25, -0.2) is 4.98 Å². The molecule has 4 nitrogen and oxygen atoms in total. The highest BCUT2D eigenvalue weighted by Crippen LogP contribution is 2.21. The summed E-state index contributed by atoms with van der Waals surface area (Å²) in [5.41, 5.74) is 6.23. The minimum Gasteiger partial charge on any atom is -0.271 e. The maximum atomic E-state index is 5.63. The van der Waals surface area contributed by atoms with Crippen molar-refractivity contribution in [2.45, 2.75) is 26.3 Å². The molecule has 90 valence electrons. The fraction of sp³-hybridized carbons (Fsp3) is 0.333. The standard InChI is InChI=1S/C12H16N4S/c1-8-3-4-14-6-11(8)12(16-13)5-10-7-17-9(2)15-10/h3-4,6-7,12,16H,5,13H2,1-2H3. The quantitative estimate of drug-likeness (QED) is 0.641. The van der Waals surface area contributed by atoms with Gasteiger partial charge in [-0.2, -0.15) is 0 Å². The topological polar surface area (TPSA) is 63.8 Å². The lowest BCUT2D eigenvalue weighted by Crippen LogP contribution is -2.30. The molecule has 0 fully saturated rings. The van der Waals surface area contributed by atoms with Crippen LogP contribution in [0.5, 0.6) is 0 Å². The minimum absolute atomic E-state index is 0.0604. The van der Waals surface area contributed by atoms with Crippen molar-refractivity contribution in [1.29, 1.82) is 0 Å². The molecule has 0 saturated heterocycles. The van der Waals surface area contributed by atoms with Crippen molar-refractivity contribution in [3.8, 4) is 0 Å². The normalized spacial score (nSPS) is 12.6. The summed E-state index contributed by atoms with van der Waals surface area (Å²) in [5.74, 6) is 5.63. The third-order valence-electron chi connectivity index (χ3n) is 2.74. The summed E-state index contributed by atoms with van der Waals surface area (Å²) >= 11 is 1.66. The van der Waals surface area contributed by atoms with Crippen molar-refractivity contribution in [1.82, 2.24) is 15.4 Å². The summed E-state index contributed by atoms with van der Waals surface area (Å²) in [6, 6.07) is 2.05. The van der Waals surface area contributed by atoms with Crippen LogP contribution >= 0.6 is 11.3 Å². The fourth-order valence-corrected chi connectivity index (χ4v) is 2.44. The van der Waals surface area contributed by atoms with Crippen LogP contribution in [0.1, 0.15) is 27.9 Å². The second-order valence-corrected chi connectivity index (χ2v) is 5.08. The molecule has 0 aliphatic heterocycles. The first kappa shape index (κ1) is 12.2.